The molecule has 158 valence electrons. The summed E-state index contributed by atoms with van der Waals surface area (Å²) in [5, 5.41) is 2.82. The Morgan fingerprint density at radius 2 is 1.87 bits per heavy atom. The minimum Gasteiger partial charge on any atom is -0.348 e. The van der Waals surface area contributed by atoms with Crippen LogP contribution in [0.4, 0.5) is 10.1 Å². The number of benzene rings is 3. The van der Waals surface area contributed by atoms with Crippen molar-refractivity contribution in [1.29, 1.82) is 0 Å². The van der Waals surface area contributed by atoms with Gasteiger partial charge < -0.3 is 5.32 Å². The SMILES string of the molecule is O=C(NCc1ccccc1F)c1ccc(Cl)cc1NS(=O)(=O)c1cccc2nsnc12. The number of hydrogen-bond donors (Lipinski definition) is 2. The Bertz CT molecular complexity index is 1390. The van der Waals surface area contributed by atoms with Crippen LogP contribution in [0.3, 0.4) is 0 Å². The Hall–Kier alpha value is -3.08. The summed E-state index contributed by atoms with van der Waals surface area (Å²) in [4.78, 5) is 12.6. The normalized spacial score (nSPS) is 11.4. The molecule has 0 fully saturated rings. The monoisotopic (exact) mass is 476 g/mol. The zero-order chi connectivity index (χ0) is 22.0. The molecule has 7 nitrogen and oxygen atoms in total. The molecular formula is C20H14ClFN4O3S2. The number of sulfonamides is 1. The zero-order valence-corrected chi connectivity index (χ0v) is 18.1. The number of amides is 1. The molecule has 4 rings (SSSR count). The number of anilines is 1. The number of carbonyl (C=O) groups is 1. The minimum atomic E-state index is -4.10. The highest BCUT2D eigenvalue weighted by atomic mass is 35.5. The van der Waals surface area contributed by atoms with E-state index in [1.807, 2.05) is 0 Å². The predicted molar refractivity (Wildman–Crippen MR) is 117 cm³/mol. The fourth-order valence-electron chi connectivity index (χ4n) is 2.91. The van der Waals surface area contributed by atoms with Gasteiger partial charge in [0.15, 0.2) is 0 Å². The lowest BCUT2D eigenvalue weighted by molar-refractivity contribution is 0.0951. The average molecular weight is 477 g/mol. The molecule has 1 amide bonds. The topological polar surface area (TPSA) is 101 Å². The highest BCUT2D eigenvalue weighted by molar-refractivity contribution is 7.93. The van der Waals surface area contributed by atoms with Crippen molar-refractivity contribution in [3.63, 3.8) is 0 Å². The first-order valence-electron chi connectivity index (χ1n) is 8.90. The van der Waals surface area contributed by atoms with Crippen molar-refractivity contribution < 1.29 is 17.6 Å². The van der Waals surface area contributed by atoms with Gasteiger partial charge in [-0.2, -0.15) is 8.75 Å². The summed E-state index contributed by atoms with van der Waals surface area (Å²) in [5.74, 6) is -1.05. The van der Waals surface area contributed by atoms with Crippen molar-refractivity contribution in [3.8, 4) is 0 Å². The molecule has 0 unspecified atom stereocenters. The molecule has 0 atom stereocenters. The average Bonchev–Trinajstić information content (AvgIpc) is 3.21. The second kappa shape index (κ2) is 8.58. The molecule has 31 heavy (non-hydrogen) atoms. The van der Waals surface area contributed by atoms with Crippen molar-refractivity contribution in [3.05, 3.63) is 82.6 Å². The van der Waals surface area contributed by atoms with Gasteiger partial charge in [-0.1, -0.05) is 35.9 Å². The lowest BCUT2D eigenvalue weighted by Gasteiger charge is -2.14. The Kier molecular flexibility index (Phi) is 5.86. The van der Waals surface area contributed by atoms with E-state index in [2.05, 4.69) is 18.8 Å². The molecule has 0 aliphatic carbocycles. The lowest BCUT2D eigenvalue weighted by atomic mass is 10.1. The van der Waals surface area contributed by atoms with Crippen molar-refractivity contribution >= 4 is 56.0 Å². The number of hydrogen-bond acceptors (Lipinski definition) is 6. The molecule has 0 spiro atoms. The standard InChI is InChI=1S/C20H14ClFN4O3S2/c21-13-8-9-14(20(27)23-11-12-4-1-2-5-15(12)22)17(10-13)26-31(28,29)18-7-3-6-16-19(18)25-30-24-16/h1-10,26H,11H2,(H,23,27). The third-order valence-corrected chi connectivity index (χ3v) is 6.58. The van der Waals surface area contributed by atoms with Crippen LogP contribution < -0.4 is 10.0 Å². The van der Waals surface area contributed by atoms with Crippen LogP contribution in [-0.4, -0.2) is 23.1 Å². The molecule has 0 aliphatic heterocycles. The summed E-state index contributed by atoms with van der Waals surface area (Å²) in [6, 6.07) is 14.8. The van der Waals surface area contributed by atoms with Gasteiger partial charge in [0.2, 0.25) is 0 Å². The molecule has 4 aromatic rings. The first kappa shape index (κ1) is 21.2. The van der Waals surface area contributed by atoms with E-state index >= 15 is 0 Å². The largest absolute Gasteiger partial charge is 0.348 e. The molecule has 0 bridgehead atoms. The van der Waals surface area contributed by atoms with Crippen LogP contribution in [0.5, 0.6) is 0 Å². The van der Waals surface area contributed by atoms with Crippen LogP contribution in [0, 0.1) is 5.82 Å². The fourth-order valence-corrected chi connectivity index (χ4v) is 4.92. The van der Waals surface area contributed by atoms with Crippen molar-refractivity contribution in [2.45, 2.75) is 11.4 Å². The van der Waals surface area contributed by atoms with E-state index in [0.29, 0.717) is 11.1 Å². The van der Waals surface area contributed by atoms with E-state index in [4.69, 9.17) is 11.6 Å². The lowest BCUT2D eigenvalue weighted by Crippen LogP contribution is -2.25. The first-order valence-corrected chi connectivity index (χ1v) is 11.5. The molecule has 0 saturated carbocycles. The first-order chi connectivity index (χ1) is 14.8. The van der Waals surface area contributed by atoms with Gasteiger partial charge in [0.05, 0.1) is 23.0 Å². The van der Waals surface area contributed by atoms with E-state index in [0.717, 1.165) is 11.7 Å². The Morgan fingerprint density at radius 1 is 1.06 bits per heavy atom. The summed E-state index contributed by atoms with van der Waals surface area (Å²) in [6.45, 7) is -0.0654. The van der Waals surface area contributed by atoms with Gasteiger partial charge in [0.25, 0.3) is 15.9 Å². The van der Waals surface area contributed by atoms with E-state index in [1.54, 1.807) is 30.3 Å². The zero-order valence-electron chi connectivity index (χ0n) is 15.7. The summed E-state index contributed by atoms with van der Waals surface area (Å²) >= 11 is 6.93. The number of rotatable bonds is 6. The summed E-state index contributed by atoms with van der Waals surface area (Å²) in [6.07, 6.45) is 0. The van der Waals surface area contributed by atoms with Crippen LogP contribution in [0.1, 0.15) is 15.9 Å². The number of nitrogens with one attached hydrogen (secondary N) is 2. The van der Waals surface area contributed by atoms with Crippen molar-refractivity contribution in [1.82, 2.24) is 14.1 Å². The van der Waals surface area contributed by atoms with E-state index < -0.39 is 21.7 Å². The molecule has 3 aromatic carbocycles. The van der Waals surface area contributed by atoms with Gasteiger partial charge in [-0.05, 0) is 36.4 Å². The second-order valence-electron chi connectivity index (χ2n) is 6.46. The summed E-state index contributed by atoms with van der Waals surface area (Å²) in [5.41, 5.74) is 0.996. The number of nitrogens with zero attached hydrogens (tertiary/aromatic N) is 2. The number of halogens is 2. The number of aromatic nitrogens is 2. The van der Waals surface area contributed by atoms with Gasteiger partial charge in [0, 0.05) is 17.1 Å². The summed E-state index contributed by atoms with van der Waals surface area (Å²) in [7, 11) is -4.10. The maximum Gasteiger partial charge on any atom is 0.264 e. The van der Waals surface area contributed by atoms with Gasteiger partial charge in [-0.3, -0.25) is 9.52 Å². The third kappa shape index (κ3) is 4.50. The van der Waals surface area contributed by atoms with Gasteiger partial charge in [-0.25, -0.2) is 12.8 Å². The van der Waals surface area contributed by atoms with Gasteiger partial charge in [0.1, 0.15) is 21.7 Å². The van der Waals surface area contributed by atoms with Crippen LogP contribution in [0.2, 0.25) is 5.02 Å². The van der Waals surface area contributed by atoms with Gasteiger partial charge >= 0.3 is 0 Å². The molecular weight excluding hydrogens is 463 g/mol. The van der Waals surface area contributed by atoms with E-state index in [1.165, 1.54) is 30.3 Å². The number of carbonyl (C=O) groups excluding carboxylic acids is 1. The fraction of sp³-hybridized carbons (Fsp3) is 0.0500. The Balaban J connectivity index is 1.63. The van der Waals surface area contributed by atoms with Crippen LogP contribution >= 0.6 is 23.3 Å². The Labute approximate surface area is 186 Å². The Morgan fingerprint density at radius 3 is 2.68 bits per heavy atom. The van der Waals surface area contributed by atoms with Crippen molar-refractivity contribution in [2.24, 2.45) is 0 Å². The highest BCUT2D eigenvalue weighted by Crippen LogP contribution is 2.27. The summed E-state index contributed by atoms with van der Waals surface area (Å²) < 4.78 is 50.4. The predicted octanol–water partition coefficient (Wildman–Crippen LogP) is 4.21. The van der Waals surface area contributed by atoms with Crippen LogP contribution in [0.25, 0.3) is 11.0 Å². The second-order valence-corrected chi connectivity index (χ2v) is 9.07. The van der Waals surface area contributed by atoms with Crippen molar-refractivity contribution in [2.75, 3.05) is 4.72 Å². The third-order valence-electron chi connectivity index (χ3n) is 4.41. The molecule has 0 aliphatic rings. The maximum atomic E-state index is 13.8. The van der Waals surface area contributed by atoms with Crippen LogP contribution in [0.15, 0.2) is 65.6 Å². The molecule has 11 heteroatoms. The molecule has 1 aromatic heterocycles. The van der Waals surface area contributed by atoms with Gasteiger partial charge in [-0.15, -0.1) is 0 Å². The minimum absolute atomic E-state index is 0.0151. The molecule has 0 saturated heterocycles. The van der Waals surface area contributed by atoms with E-state index in [-0.39, 0.29) is 33.2 Å². The van der Waals surface area contributed by atoms with E-state index in [9.17, 15) is 17.6 Å². The molecule has 1 heterocycles. The van der Waals surface area contributed by atoms with Crippen LogP contribution in [-0.2, 0) is 16.6 Å². The molecule has 2 N–H and O–H groups in total. The highest BCUT2D eigenvalue weighted by Gasteiger charge is 2.23. The number of fused-ring (bicyclic) bond motifs is 1. The smallest absolute Gasteiger partial charge is 0.264 e. The quantitative estimate of drug-likeness (QED) is 0.434. The maximum absolute atomic E-state index is 13.8. The molecule has 0 radical (unpaired) electrons.